The van der Waals surface area contributed by atoms with Gasteiger partial charge in [0.05, 0.1) is 15.1 Å². The van der Waals surface area contributed by atoms with Gasteiger partial charge in [0.15, 0.2) is 0 Å². The smallest absolute Gasteiger partial charge is 0.303 e. The van der Waals surface area contributed by atoms with Crippen molar-refractivity contribution in [2.45, 2.75) is 49.2 Å². The number of halogens is 2. The summed E-state index contributed by atoms with van der Waals surface area (Å²) in [5, 5.41) is 14.1. The number of carbonyl (C=O) groups is 4. The van der Waals surface area contributed by atoms with E-state index in [2.05, 4.69) is 42.5 Å². The van der Waals surface area contributed by atoms with Crippen molar-refractivity contribution in [3.63, 3.8) is 0 Å². The largest absolute Gasteiger partial charge is 0.481 e. The molecule has 0 saturated heterocycles. The van der Waals surface area contributed by atoms with Crippen molar-refractivity contribution in [1.29, 1.82) is 0 Å². The zero-order chi connectivity index (χ0) is 20.5. The van der Waals surface area contributed by atoms with E-state index in [1.807, 2.05) is 0 Å². The predicted molar refractivity (Wildman–Crippen MR) is 105 cm³/mol. The third-order valence-corrected chi connectivity index (χ3v) is 4.04. The van der Waals surface area contributed by atoms with Gasteiger partial charge in [-0.1, -0.05) is 31.9 Å². The molecule has 150 valence electrons. The second-order valence-electron chi connectivity index (χ2n) is 6.73. The van der Waals surface area contributed by atoms with E-state index in [0.29, 0.717) is 0 Å². The SMILES string of the molecule is CC(C)(Br)C(=O)NCCN(CCNC(=O)C(C)(C)Br)C(=O)CCC(=O)O. The Balaban J connectivity index is 4.64. The topological polar surface area (TPSA) is 116 Å². The molecule has 0 heterocycles. The number of amides is 3. The van der Waals surface area contributed by atoms with Crippen LogP contribution in [-0.4, -0.2) is 68.5 Å². The van der Waals surface area contributed by atoms with E-state index in [4.69, 9.17) is 5.11 Å². The molecule has 0 aromatic heterocycles. The molecule has 10 heteroatoms. The lowest BCUT2D eigenvalue weighted by molar-refractivity contribution is -0.140. The van der Waals surface area contributed by atoms with Gasteiger partial charge in [-0.3, -0.25) is 19.2 Å². The summed E-state index contributed by atoms with van der Waals surface area (Å²) in [7, 11) is 0. The molecule has 0 aliphatic carbocycles. The Hall–Kier alpha value is -1.16. The Labute approximate surface area is 170 Å². The number of aliphatic carboxylic acids is 1. The minimum Gasteiger partial charge on any atom is -0.481 e. The summed E-state index contributed by atoms with van der Waals surface area (Å²) in [4.78, 5) is 48.0. The highest BCUT2D eigenvalue weighted by Gasteiger charge is 2.25. The third-order valence-electron chi connectivity index (χ3n) is 3.32. The summed E-state index contributed by atoms with van der Waals surface area (Å²) in [6.07, 6.45) is -0.401. The van der Waals surface area contributed by atoms with Gasteiger partial charge in [-0.15, -0.1) is 0 Å². The van der Waals surface area contributed by atoms with Gasteiger partial charge in [0.25, 0.3) is 0 Å². The standard InChI is InChI=1S/C16H27Br2N3O5/c1-15(2,17)13(25)19-7-9-21(11(22)5-6-12(23)24)10-8-20-14(26)16(3,4)18/h5-10H2,1-4H3,(H,19,25)(H,20,26)(H,23,24). The first-order valence-electron chi connectivity index (χ1n) is 8.19. The van der Waals surface area contributed by atoms with Gasteiger partial charge in [0.2, 0.25) is 17.7 Å². The van der Waals surface area contributed by atoms with Crippen molar-refractivity contribution in [2.75, 3.05) is 26.2 Å². The Kier molecular flexibility index (Phi) is 10.4. The molecule has 0 radical (unpaired) electrons. The number of nitrogens with one attached hydrogen (secondary N) is 2. The average Bonchev–Trinajstić information content (AvgIpc) is 2.48. The molecule has 0 aliphatic rings. The Bertz CT molecular complexity index is 495. The fraction of sp³-hybridized carbons (Fsp3) is 0.750. The molecule has 0 bridgehead atoms. The molecule has 0 atom stereocenters. The molecule has 0 aromatic rings. The van der Waals surface area contributed by atoms with Crippen LogP contribution in [0.25, 0.3) is 0 Å². The Morgan fingerprint density at radius 2 is 1.23 bits per heavy atom. The lowest BCUT2D eigenvalue weighted by Gasteiger charge is -2.25. The van der Waals surface area contributed by atoms with Crippen LogP contribution >= 0.6 is 31.9 Å². The van der Waals surface area contributed by atoms with Crippen LogP contribution in [0.2, 0.25) is 0 Å². The van der Waals surface area contributed by atoms with Gasteiger partial charge in [-0.05, 0) is 27.7 Å². The molecule has 3 N–H and O–H groups in total. The lowest BCUT2D eigenvalue weighted by Crippen LogP contribution is -2.46. The first-order valence-corrected chi connectivity index (χ1v) is 9.77. The fourth-order valence-corrected chi connectivity index (χ4v) is 2.04. The molecule has 0 spiro atoms. The normalized spacial score (nSPS) is 11.6. The number of carbonyl (C=O) groups excluding carboxylic acids is 3. The van der Waals surface area contributed by atoms with Crippen LogP contribution in [0.4, 0.5) is 0 Å². The zero-order valence-corrected chi connectivity index (χ0v) is 18.7. The van der Waals surface area contributed by atoms with Gasteiger partial charge < -0.3 is 20.6 Å². The highest BCUT2D eigenvalue weighted by atomic mass is 79.9. The highest BCUT2D eigenvalue weighted by Crippen LogP contribution is 2.15. The lowest BCUT2D eigenvalue weighted by atomic mass is 10.2. The maximum Gasteiger partial charge on any atom is 0.303 e. The van der Waals surface area contributed by atoms with Gasteiger partial charge in [0.1, 0.15) is 0 Å². The van der Waals surface area contributed by atoms with E-state index in [-0.39, 0.29) is 56.7 Å². The van der Waals surface area contributed by atoms with E-state index in [9.17, 15) is 19.2 Å². The summed E-state index contributed by atoms with van der Waals surface area (Å²) in [5.41, 5.74) is 0. The Morgan fingerprint density at radius 3 is 1.54 bits per heavy atom. The van der Waals surface area contributed by atoms with Gasteiger partial charge in [0, 0.05) is 32.6 Å². The first-order chi connectivity index (χ1) is 11.7. The van der Waals surface area contributed by atoms with E-state index < -0.39 is 14.6 Å². The number of carboxylic acid groups (broad SMARTS) is 1. The van der Waals surface area contributed by atoms with Crippen molar-refractivity contribution < 1.29 is 24.3 Å². The van der Waals surface area contributed by atoms with Crippen LogP contribution in [0.5, 0.6) is 0 Å². The van der Waals surface area contributed by atoms with E-state index in [0.717, 1.165) is 0 Å². The molecule has 26 heavy (non-hydrogen) atoms. The van der Waals surface area contributed by atoms with Crippen LogP contribution in [0.15, 0.2) is 0 Å². The summed E-state index contributed by atoms with van der Waals surface area (Å²) >= 11 is 6.50. The van der Waals surface area contributed by atoms with Crippen molar-refractivity contribution in [3.05, 3.63) is 0 Å². The molecule has 0 fully saturated rings. The van der Waals surface area contributed by atoms with E-state index >= 15 is 0 Å². The molecule has 0 unspecified atom stereocenters. The number of hydrogen-bond donors (Lipinski definition) is 3. The van der Waals surface area contributed by atoms with Gasteiger partial charge >= 0.3 is 5.97 Å². The van der Waals surface area contributed by atoms with Crippen LogP contribution in [0, 0.1) is 0 Å². The van der Waals surface area contributed by atoms with Crippen molar-refractivity contribution in [3.8, 4) is 0 Å². The third kappa shape index (κ3) is 10.7. The molecule has 3 amide bonds. The minimum atomic E-state index is -1.05. The number of nitrogens with zero attached hydrogens (tertiary/aromatic N) is 1. The van der Waals surface area contributed by atoms with Crippen molar-refractivity contribution in [1.82, 2.24) is 15.5 Å². The number of alkyl halides is 2. The average molecular weight is 501 g/mol. The summed E-state index contributed by atoms with van der Waals surface area (Å²) in [6, 6.07) is 0. The van der Waals surface area contributed by atoms with E-state index in [1.54, 1.807) is 27.7 Å². The molecular formula is C16H27Br2N3O5. The molecule has 0 rings (SSSR count). The predicted octanol–water partition coefficient (Wildman–Crippen LogP) is 1.26. The zero-order valence-electron chi connectivity index (χ0n) is 15.5. The molecular weight excluding hydrogens is 474 g/mol. The van der Waals surface area contributed by atoms with Crippen LogP contribution < -0.4 is 10.6 Å². The quantitative estimate of drug-likeness (QED) is 0.369. The molecule has 0 aromatic carbocycles. The molecule has 0 aliphatic heterocycles. The summed E-state index contributed by atoms with van der Waals surface area (Å²) in [6.45, 7) is 7.72. The first kappa shape index (κ1) is 24.8. The van der Waals surface area contributed by atoms with Crippen LogP contribution in [0.3, 0.4) is 0 Å². The minimum absolute atomic E-state index is 0.134. The van der Waals surface area contributed by atoms with Crippen LogP contribution in [0.1, 0.15) is 40.5 Å². The maximum atomic E-state index is 12.2. The summed E-state index contributed by atoms with van der Waals surface area (Å²) in [5.74, 6) is -1.83. The number of hydrogen-bond acceptors (Lipinski definition) is 4. The number of rotatable bonds is 11. The van der Waals surface area contributed by atoms with Gasteiger partial charge in [-0.25, -0.2) is 0 Å². The highest BCUT2D eigenvalue weighted by molar-refractivity contribution is 9.10. The van der Waals surface area contributed by atoms with E-state index in [1.165, 1.54) is 4.90 Å². The molecule has 0 saturated carbocycles. The Morgan fingerprint density at radius 1 is 0.846 bits per heavy atom. The maximum absolute atomic E-state index is 12.2. The van der Waals surface area contributed by atoms with Gasteiger partial charge in [-0.2, -0.15) is 0 Å². The summed E-state index contributed by atoms with van der Waals surface area (Å²) < 4.78 is -1.44. The second-order valence-corrected chi connectivity index (χ2v) is 10.7. The monoisotopic (exact) mass is 499 g/mol. The van der Waals surface area contributed by atoms with Crippen molar-refractivity contribution >= 4 is 55.6 Å². The van der Waals surface area contributed by atoms with Crippen molar-refractivity contribution in [2.24, 2.45) is 0 Å². The van der Waals surface area contributed by atoms with Crippen LogP contribution in [-0.2, 0) is 19.2 Å². The fourth-order valence-electron chi connectivity index (χ4n) is 1.76. The molecule has 8 nitrogen and oxygen atoms in total. The number of carboxylic acids is 1. The second kappa shape index (κ2) is 10.9.